The summed E-state index contributed by atoms with van der Waals surface area (Å²) >= 11 is 0. The Balaban J connectivity index is 2.07. The minimum Gasteiger partial charge on any atom is -0.508 e. The van der Waals surface area contributed by atoms with Crippen molar-refractivity contribution >= 4 is 11.9 Å². The molecule has 102 valence electrons. The van der Waals surface area contributed by atoms with Crippen LogP contribution in [0.1, 0.15) is 18.4 Å². The summed E-state index contributed by atoms with van der Waals surface area (Å²) in [7, 11) is 1.33. The highest BCUT2D eigenvalue weighted by Crippen LogP contribution is 2.22. The van der Waals surface area contributed by atoms with Crippen LogP contribution in [0, 0.1) is 0 Å². The fraction of sp³-hybridized carbons (Fsp3) is 0.429. The van der Waals surface area contributed by atoms with Crippen molar-refractivity contribution in [3.05, 3.63) is 29.8 Å². The zero-order chi connectivity index (χ0) is 13.8. The topological polar surface area (TPSA) is 66.8 Å². The van der Waals surface area contributed by atoms with Crippen molar-refractivity contribution in [1.82, 2.24) is 4.90 Å². The third-order valence-electron chi connectivity index (χ3n) is 3.38. The number of ether oxygens (including phenoxy) is 1. The van der Waals surface area contributed by atoms with Gasteiger partial charge in [0.25, 0.3) is 0 Å². The predicted octanol–water partition coefficient (Wildman–Crippen LogP) is 1.10. The first-order valence-corrected chi connectivity index (χ1v) is 6.27. The predicted molar refractivity (Wildman–Crippen MR) is 68.6 cm³/mol. The van der Waals surface area contributed by atoms with Crippen LogP contribution < -0.4 is 0 Å². The summed E-state index contributed by atoms with van der Waals surface area (Å²) < 4.78 is 4.71. The molecule has 5 heteroatoms. The molecule has 1 aromatic rings. The maximum absolute atomic E-state index is 12.2. The first-order chi connectivity index (χ1) is 9.13. The summed E-state index contributed by atoms with van der Waals surface area (Å²) in [6, 6.07) is 6.24. The molecule has 1 aliphatic heterocycles. The number of amides is 1. The monoisotopic (exact) mass is 263 g/mol. The molecule has 0 aromatic heterocycles. The number of para-hydroxylation sites is 1. The van der Waals surface area contributed by atoms with Crippen LogP contribution in [0.3, 0.4) is 0 Å². The van der Waals surface area contributed by atoms with Crippen molar-refractivity contribution in [2.75, 3.05) is 13.7 Å². The van der Waals surface area contributed by atoms with Gasteiger partial charge in [-0.15, -0.1) is 0 Å². The van der Waals surface area contributed by atoms with Gasteiger partial charge in [0.2, 0.25) is 5.91 Å². The Morgan fingerprint density at radius 1 is 1.42 bits per heavy atom. The van der Waals surface area contributed by atoms with Gasteiger partial charge in [0.05, 0.1) is 13.5 Å². The Kier molecular flexibility index (Phi) is 4.04. The minimum atomic E-state index is -0.483. The van der Waals surface area contributed by atoms with E-state index < -0.39 is 6.04 Å². The van der Waals surface area contributed by atoms with E-state index in [4.69, 9.17) is 4.74 Å². The average Bonchev–Trinajstić information content (AvgIpc) is 2.90. The van der Waals surface area contributed by atoms with Gasteiger partial charge in [0.15, 0.2) is 0 Å². The number of aromatic hydroxyl groups is 1. The molecule has 1 amide bonds. The van der Waals surface area contributed by atoms with Gasteiger partial charge in [-0.1, -0.05) is 18.2 Å². The van der Waals surface area contributed by atoms with Gasteiger partial charge < -0.3 is 14.7 Å². The van der Waals surface area contributed by atoms with E-state index in [9.17, 15) is 14.7 Å². The van der Waals surface area contributed by atoms with Crippen LogP contribution in [0.5, 0.6) is 5.75 Å². The smallest absolute Gasteiger partial charge is 0.328 e. The minimum absolute atomic E-state index is 0.0974. The number of benzene rings is 1. The molecule has 0 bridgehead atoms. The number of hydrogen-bond acceptors (Lipinski definition) is 4. The van der Waals surface area contributed by atoms with E-state index in [1.54, 1.807) is 24.3 Å². The highest BCUT2D eigenvalue weighted by molar-refractivity contribution is 5.86. The zero-order valence-electron chi connectivity index (χ0n) is 10.8. The molecule has 1 aliphatic rings. The summed E-state index contributed by atoms with van der Waals surface area (Å²) in [6.45, 7) is 0.562. The summed E-state index contributed by atoms with van der Waals surface area (Å²) in [4.78, 5) is 25.3. The SMILES string of the molecule is COC(=O)C1CCCN1C(=O)Cc1ccccc1O. The van der Waals surface area contributed by atoms with E-state index in [1.807, 2.05) is 0 Å². The average molecular weight is 263 g/mol. The lowest BCUT2D eigenvalue weighted by molar-refractivity contribution is -0.150. The van der Waals surface area contributed by atoms with Crippen LogP contribution in [-0.4, -0.2) is 41.6 Å². The molecular formula is C14H17NO4. The lowest BCUT2D eigenvalue weighted by Gasteiger charge is -2.22. The van der Waals surface area contributed by atoms with E-state index in [-0.39, 0.29) is 24.0 Å². The Bertz CT molecular complexity index is 486. The highest BCUT2D eigenvalue weighted by Gasteiger charge is 2.34. The van der Waals surface area contributed by atoms with Gasteiger partial charge in [0.1, 0.15) is 11.8 Å². The van der Waals surface area contributed by atoms with Crippen LogP contribution in [0.4, 0.5) is 0 Å². The molecule has 0 spiro atoms. The molecule has 1 saturated heterocycles. The van der Waals surface area contributed by atoms with Crippen LogP contribution in [0.2, 0.25) is 0 Å². The molecule has 1 atom stereocenters. The third kappa shape index (κ3) is 2.86. The molecule has 1 N–H and O–H groups in total. The number of phenols is 1. The summed E-state index contributed by atoms with van der Waals surface area (Å²) in [5, 5.41) is 9.66. The van der Waals surface area contributed by atoms with Gasteiger partial charge in [-0.3, -0.25) is 4.79 Å². The zero-order valence-corrected chi connectivity index (χ0v) is 10.8. The quantitative estimate of drug-likeness (QED) is 0.829. The lowest BCUT2D eigenvalue weighted by atomic mass is 10.1. The largest absolute Gasteiger partial charge is 0.508 e. The second-order valence-corrected chi connectivity index (χ2v) is 4.57. The molecule has 0 aliphatic carbocycles. The molecule has 0 saturated carbocycles. The standard InChI is InChI=1S/C14H17NO4/c1-19-14(18)11-6-4-8-15(11)13(17)9-10-5-2-3-7-12(10)16/h2-3,5,7,11,16H,4,6,8-9H2,1H3. The third-order valence-corrected chi connectivity index (χ3v) is 3.38. The van der Waals surface area contributed by atoms with Crippen molar-refractivity contribution < 1.29 is 19.4 Å². The number of methoxy groups -OCH3 is 1. The number of phenolic OH excluding ortho intramolecular Hbond substituents is 1. The molecule has 1 fully saturated rings. The molecule has 0 radical (unpaired) electrons. The van der Waals surface area contributed by atoms with Crippen LogP contribution in [0.15, 0.2) is 24.3 Å². The Morgan fingerprint density at radius 3 is 2.84 bits per heavy atom. The number of carbonyl (C=O) groups is 2. The van der Waals surface area contributed by atoms with Gasteiger partial charge in [-0.05, 0) is 18.9 Å². The molecular weight excluding hydrogens is 246 g/mol. The van der Waals surface area contributed by atoms with E-state index in [2.05, 4.69) is 0 Å². The maximum Gasteiger partial charge on any atom is 0.328 e. The van der Waals surface area contributed by atoms with Gasteiger partial charge >= 0.3 is 5.97 Å². The van der Waals surface area contributed by atoms with Crippen molar-refractivity contribution in [2.24, 2.45) is 0 Å². The number of likely N-dealkylation sites (tertiary alicyclic amines) is 1. The van der Waals surface area contributed by atoms with Crippen molar-refractivity contribution in [2.45, 2.75) is 25.3 Å². The van der Waals surface area contributed by atoms with Gasteiger partial charge in [-0.2, -0.15) is 0 Å². The Hall–Kier alpha value is -2.04. The van der Waals surface area contributed by atoms with Crippen molar-refractivity contribution in [1.29, 1.82) is 0 Å². The van der Waals surface area contributed by atoms with E-state index >= 15 is 0 Å². The van der Waals surface area contributed by atoms with E-state index in [0.717, 1.165) is 6.42 Å². The van der Waals surface area contributed by atoms with Crippen LogP contribution in [-0.2, 0) is 20.7 Å². The Morgan fingerprint density at radius 2 is 2.16 bits per heavy atom. The van der Waals surface area contributed by atoms with Gasteiger partial charge in [-0.25, -0.2) is 4.79 Å². The second-order valence-electron chi connectivity index (χ2n) is 4.57. The molecule has 5 nitrogen and oxygen atoms in total. The van der Waals surface area contributed by atoms with E-state index in [0.29, 0.717) is 18.5 Å². The molecule has 1 aromatic carbocycles. The lowest BCUT2D eigenvalue weighted by Crippen LogP contribution is -2.41. The number of esters is 1. The summed E-state index contributed by atoms with van der Waals surface area (Å²) in [5.74, 6) is -0.429. The number of carbonyl (C=O) groups excluding carboxylic acids is 2. The van der Waals surface area contributed by atoms with E-state index in [1.165, 1.54) is 12.0 Å². The van der Waals surface area contributed by atoms with Crippen LogP contribution in [0.25, 0.3) is 0 Å². The molecule has 1 heterocycles. The normalized spacial score (nSPS) is 18.4. The number of hydrogen-bond donors (Lipinski definition) is 1. The number of nitrogens with zero attached hydrogens (tertiary/aromatic N) is 1. The van der Waals surface area contributed by atoms with Crippen molar-refractivity contribution in [3.63, 3.8) is 0 Å². The first kappa shape index (κ1) is 13.4. The molecule has 2 rings (SSSR count). The maximum atomic E-state index is 12.2. The summed E-state index contributed by atoms with van der Waals surface area (Å²) in [5.41, 5.74) is 0.572. The molecule has 19 heavy (non-hydrogen) atoms. The molecule has 1 unspecified atom stereocenters. The summed E-state index contributed by atoms with van der Waals surface area (Å²) in [6.07, 6.45) is 1.53. The fourth-order valence-corrected chi connectivity index (χ4v) is 2.37. The number of rotatable bonds is 3. The second kappa shape index (κ2) is 5.73. The highest BCUT2D eigenvalue weighted by atomic mass is 16.5. The first-order valence-electron chi connectivity index (χ1n) is 6.27. The van der Waals surface area contributed by atoms with Crippen molar-refractivity contribution in [3.8, 4) is 5.75 Å². The van der Waals surface area contributed by atoms with Crippen LogP contribution >= 0.6 is 0 Å². The van der Waals surface area contributed by atoms with Gasteiger partial charge in [0, 0.05) is 12.1 Å². The fourth-order valence-electron chi connectivity index (χ4n) is 2.37. The Labute approximate surface area is 111 Å².